The SMILES string of the molecule is NC(=O)O.O=C(O)c1cc(=O)[nH]c(=O)[nH]1. The Labute approximate surface area is 81.2 Å². The number of aromatic amines is 2. The molecule has 0 radical (unpaired) electrons. The van der Waals surface area contributed by atoms with Crippen molar-refractivity contribution in [3.05, 3.63) is 32.6 Å². The lowest BCUT2D eigenvalue weighted by Gasteiger charge is -1.89. The molecule has 0 aliphatic rings. The lowest BCUT2D eigenvalue weighted by Crippen LogP contribution is -2.24. The van der Waals surface area contributed by atoms with Crippen molar-refractivity contribution in [3.63, 3.8) is 0 Å². The molecule has 9 heteroatoms. The number of nitrogens with two attached hydrogens (primary N) is 1. The molecule has 1 aromatic heterocycles. The first-order valence-corrected chi connectivity index (χ1v) is 3.38. The van der Waals surface area contributed by atoms with Crippen molar-refractivity contribution in [2.75, 3.05) is 0 Å². The number of carboxylic acids is 1. The number of hydrogen-bond acceptors (Lipinski definition) is 4. The van der Waals surface area contributed by atoms with Gasteiger partial charge < -0.3 is 20.9 Å². The van der Waals surface area contributed by atoms with Gasteiger partial charge in [-0.25, -0.2) is 14.4 Å². The fourth-order valence-corrected chi connectivity index (χ4v) is 0.584. The summed E-state index contributed by atoms with van der Waals surface area (Å²) < 4.78 is 0. The maximum Gasteiger partial charge on any atom is 0.402 e. The van der Waals surface area contributed by atoms with E-state index in [0.717, 1.165) is 6.07 Å². The first kappa shape index (κ1) is 12.4. The van der Waals surface area contributed by atoms with Crippen LogP contribution < -0.4 is 17.0 Å². The molecule has 0 aromatic carbocycles. The van der Waals surface area contributed by atoms with Crippen molar-refractivity contribution in [1.82, 2.24) is 9.97 Å². The number of carboxylic acid groups (broad SMARTS) is 2. The van der Waals surface area contributed by atoms with Crippen LogP contribution in [-0.2, 0) is 0 Å². The first-order valence-electron chi connectivity index (χ1n) is 3.38. The highest BCUT2D eigenvalue weighted by Gasteiger charge is 2.03. The molecule has 1 amide bonds. The Morgan fingerprint density at radius 2 is 1.67 bits per heavy atom. The Morgan fingerprint density at radius 3 is 2.00 bits per heavy atom. The summed E-state index contributed by atoms with van der Waals surface area (Å²) in [6, 6.07) is 0.795. The maximum atomic E-state index is 10.5. The van der Waals surface area contributed by atoms with Crippen LogP contribution in [0.25, 0.3) is 0 Å². The van der Waals surface area contributed by atoms with Crippen LogP contribution in [0.15, 0.2) is 15.7 Å². The fourth-order valence-electron chi connectivity index (χ4n) is 0.584. The molecule has 0 aliphatic heterocycles. The zero-order chi connectivity index (χ0) is 12.0. The van der Waals surface area contributed by atoms with Gasteiger partial charge in [0, 0.05) is 6.07 Å². The third kappa shape index (κ3) is 5.63. The van der Waals surface area contributed by atoms with Gasteiger partial charge in [-0.3, -0.25) is 9.78 Å². The lowest BCUT2D eigenvalue weighted by molar-refractivity contribution is 0.0689. The van der Waals surface area contributed by atoms with E-state index < -0.39 is 29.0 Å². The number of hydrogen-bond donors (Lipinski definition) is 5. The molecule has 0 unspecified atom stereocenters. The number of nitrogens with one attached hydrogen (secondary N) is 2. The molecular formula is C6H7N3O6. The van der Waals surface area contributed by atoms with Gasteiger partial charge in [-0.15, -0.1) is 0 Å². The second kappa shape index (κ2) is 5.21. The Kier molecular flexibility index (Phi) is 4.32. The minimum atomic E-state index is -1.34. The van der Waals surface area contributed by atoms with E-state index in [1.807, 2.05) is 9.97 Å². The van der Waals surface area contributed by atoms with Crippen LogP contribution in [-0.4, -0.2) is 32.2 Å². The minimum absolute atomic E-state index is 0.418. The average molecular weight is 217 g/mol. The number of carbonyl (C=O) groups is 2. The molecule has 1 heterocycles. The third-order valence-electron chi connectivity index (χ3n) is 0.991. The molecule has 0 aliphatic carbocycles. The molecule has 0 fully saturated rings. The Morgan fingerprint density at radius 1 is 1.20 bits per heavy atom. The predicted molar refractivity (Wildman–Crippen MR) is 46.9 cm³/mol. The fraction of sp³-hybridized carbons (Fsp3) is 0. The summed E-state index contributed by atoms with van der Waals surface area (Å²) in [6.45, 7) is 0. The van der Waals surface area contributed by atoms with Crippen molar-refractivity contribution in [1.29, 1.82) is 0 Å². The predicted octanol–water partition coefficient (Wildman–Crippen LogP) is -1.62. The van der Waals surface area contributed by atoms with E-state index in [1.54, 1.807) is 0 Å². The van der Waals surface area contributed by atoms with Crippen LogP contribution in [0.2, 0.25) is 0 Å². The summed E-state index contributed by atoms with van der Waals surface area (Å²) in [4.78, 5) is 43.7. The zero-order valence-corrected chi connectivity index (χ0v) is 7.18. The molecule has 0 saturated heterocycles. The van der Waals surface area contributed by atoms with Crippen LogP contribution in [0, 0.1) is 0 Å². The van der Waals surface area contributed by atoms with E-state index in [2.05, 4.69) is 5.73 Å². The number of amides is 1. The van der Waals surface area contributed by atoms with E-state index in [-0.39, 0.29) is 0 Å². The van der Waals surface area contributed by atoms with Gasteiger partial charge in [0.05, 0.1) is 0 Å². The molecule has 82 valence electrons. The number of H-pyrrole nitrogens is 2. The van der Waals surface area contributed by atoms with E-state index in [4.69, 9.17) is 15.0 Å². The highest BCUT2D eigenvalue weighted by Crippen LogP contribution is 1.81. The van der Waals surface area contributed by atoms with Crippen molar-refractivity contribution >= 4 is 12.1 Å². The smallest absolute Gasteiger partial charge is 0.402 e. The normalized spacial score (nSPS) is 8.53. The average Bonchev–Trinajstić information content (AvgIpc) is 2.00. The van der Waals surface area contributed by atoms with Crippen LogP contribution in [0.3, 0.4) is 0 Å². The van der Waals surface area contributed by atoms with Crippen LogP contribution in [0.4, 0.5) is 4.79 Å². The molecule has 6 N–H and O–H groups in total. The van der Waals surface area contributed by atoms with Gasteiger partial charge in [-0.2, -0.15) is 0 Å². The summed E-state index contributed by atoms with van der Waals surface area (Å²) in [6.07, 6.45) is -1.33. The zero-order valence-electron chi connectivity index (χ0n) is 7.18. The molecule has 1 aromatic rings. The lowest BCUT2D eigenvalue weighted by atomic mass is 10.4. The van der Waals surface area contributed by atoms with Gasteiger partial charge in [0.2, 0.25) is 0 Å². The van der Waals surface area contributed by atoms with Crippen LogP contribution in [0.1, 0.15) is 10.5 Å². The molecular weight excluding hydrogens is 210 g/mol. The maximum absolute atomic E-state index is 10.5. The standard InChI is InChI=1S/C5H4N2O4.CH3NO2/c8-3-1-2(4(9)10)6-5(11)7-3;2-1(3)4/h1H,(H,9,10)(H2,6,7,8,11);2H2,(H,3,4). The van der Waals surface area contributed by atoms with Crippen molar-refractivity contribution in [3.8, 4) is 0 Å². The van der Waals surface area contributed by atoms with Gasteiger partial charge in [0.15, 0.2) is 0 Å². The third-order valence-corrected chi connectivity index (χ3v) is 0.991. The molecule has 9 nitrogen and oxygen atoms in total. The number of primary amides is 1. The van der Waals surface area contributed by atoms with Gasteiger partial charge in [0.1, 0.15) is 5.69 Å². The number of aromatic nitrogens is 2. The molecule has 1 rings (SSSR count). The van der Waals surface area contributed by atoms with Crippen LogP contribution >= 0.6 is 0 Å². The van der Waals surface area contributed by atoms with Gasteiger partial charge >= 0.3 is 17.8 Å². The minimum Gasteiger partial charge on any atom is -0.477 e. The van der Waals surface area contributed by atoms with E-state index >= 15 is 0 Å². The number of rotatable bonds is 1. The van der Waals surface area contributed by atoms with Crippen molar-refractivity contribution in [2.24, 2.45) is 5.73 Å². The molecule has 0 atom stereocenters. The molecule has 0 bridgehead atoms. The molecule has 15 heavy (non-hydrogen) atoms. The summed E-state index contributed by atoms with van der Waals surface area (Å²) in [7, 11) is 0. The van der Waals surface area contributed by atoms with Crippen LogP contribution in [0.5, 0.6) is 0 Å². The highest BCUT2D eigenvalue weighted by molar-refractivity contribution is 5.84. The van der Waals surface area contributed by atoms with Crippen molar-refractivity contribution < 1.29 is 19.8 Å². The Hall–Kier alpha value is -2.58. The van der Waals surface area contributed by atoms with Crippen molar-refractivity contribution in [2.45, 2.75) is 0 Å². The largest absolute Gasteiger partial charge is 0.477 e. The van der Waals surface area contributed by atoms with E-state index in [9.17, 15) is 14.4 Å². The quantitative estimate of drug-likeness (QED) is 0.379. The van der Waals surface area contributed by atoms with Gasteiger partial charge in [-0.05, 0) is 0 Å². The summed E-state index contributed by atoms with van der Waals surface area (Å²) in [5.74, 6) is -1.34. The molecule has 0 saturated carbocycles. The van der Waals surface area contributed by atoms with E-state index in [1.165, 1.54) is 0 Å². The van der Waals surface area contributed by atoms with Gasteiger partial charge in [-0.1, -0.05) is 0 Å². The Bertz CT molecular complexity index is 440. The summed E-state index contributed by atoms with van der Waals surface area (Å²) in [5, 5.41) is 15.5. The second-order valence-corrected chi connectivity index (χ2v) is 2.14. The topological polar surface area (TPSA) is 166 Å². The molecule has 0 spiro atoms. The van der Waals surface area contributed by atoms with E-state index in [0.29, 0.717) is 0 Å². The first-order chi connectivity index (χ1) is 6.82. The summed E-state index contributed by atoms with van der Waals surface area (Å²) >= 11 is 0. The number of aromatic carboxylic acids is 1. The Balaban J connectivity index is 0.000000423. The monoisotopic (exact) mass is 217 g/mol. The second-order valence-electron chi connectivity index (χ2n) is 2.14. The highest BCUT2D eigenvalue weighted by atomic mass is 16.4. The summed E-state index contributed by atoms with van der Waals surface area (Å²) in [5.41, 5.74) is 2.06. The van der Waals surface area contributed by atoms with Gasteiger partial charge in [0.25, 0.3) is 5.56 Å².